The van der Waals surface area contributed by atoms with E-state index in [1.54, 1.807) is 20.0 Å². The molecule has 1 aromatic heterocycles. The predicted octanol–water partition coefficient (Wildman–Crippen LogP) is 1.50. The SMILES string of the molecule is CC(=O)Oc1c(C)ncc(C)c1C#N. The van der Waals surface area contributed by atoms with Crippen LogP contribution in [0.5, 0.6) is 5.75 Å². The van der Waals surface area contributed by atoms with Crippen LogP contribution in [0.3, 0.4) is 0 Å². The van der Waals surface area contributed by atoms with Gasteiger partial charge in [-0.15, -0.1) is 0 Å². The number of hydrogen-bond donors (Lipinski definition) is 0. The summed E-state index contributed by atoms with van der Waals surface area (Å²) in [6.45, 7) is 4.74. The van der Waals surface area contributed by atoms with Crippen molar-refractivity contribution in [1.29, 1.82) is 5.26 Å². The van der Waals surface area contributed by atoms with Gasteiger partial charge < -0.3 is 4.74 Å². The second-order valence-electron chi connectivity index (χ2n) is 2.94. The predicted molar refractivity (Wildman–Crippen MR) is 49.7 cm³/mol. The number of nitrogens with zero attached hydrogens (tertiary/aromatic N) is 2. The summed E-state index contributed by atoms with van der Waals surface area (Å²) >= 11 is 0. The minimum atomic E-state index is -0.447. The van der Waals surface area contributed by atoms with Crippen LogP contribution in [-0.4, -0.2) is 11.0 Å². The van der Waals surface area contributed by atoms with Crippen molar-refractivity contribution in [1.82, 2.24) is 4.98 Å². The van der Waals surface area contributed by atoms with Crippen LogP contribution in [-0.2, 0) is 4.79 Å². The van der Waals surface area contributed by atoms with E-state index in [9.17, 15) is 4.79 Å². The molecule has 0 atom stereocenters. The number of nitriles is 1. The van der Waals surface area contributed by atoms with E-state index in [-0.39, 0.29) is 5.75 Å². The van der Waals surface area contributed by atoms with Gasteiger partial charge in [0.05, 0.1) is 5.69 Å². The highest BCUT2D eigenvalue weighted by molar-refractivity contribution is 5.71. The van der Waals surface area contributed by atoms with Crippen molar-refractivity contribution in [3.63, 3.8) is 0 Å². The Morgan fingerprint density at radius 1 is 1.57 bits per heavy atom. The van der Waals surface area contributed by atoms with Gasteiger partial charge in [-0.1, -0.05) is 0 Å². The van der Waals surface area contributed by atoms with E-state index < -0.39 is 5.97 Å². The van der Waals surface area contributed by atoms with Gasteiger partial charge in [0.2, 0.25) is 0 Å². The fraction of sp³-hybridized carbons (Fsp3) is 0.300. The molecule has 0 N–H and O–H groups in total. The number of aromatic nitrogens is 1. The minimum absolute atomic E-state index is 0.264. The molecule has 0 aliphatic rings. The van der Waals surface area contributed by atoms with Gasteiger partial charge in [-0.25, -0.2) is 0 Å². The lowest BCUT2D eigenvalue weighted by Gasteiger charge is -2.07. The first-order valence-corrected chi connectivity index (χ1v) is 4.11. The molecule has 14 heavy (non-hydrogen) atoms. The summed E-state index contributed by atoms with van der Waals surface area (Å²) in [7, 11) is 0. The first kappa shape index (κ1) is 10.2. The average molecular weight is 190 g/mol. The fourth-order valence-electron chi connectivity index (χ4n) is 1.08. The zero-order valence-electron chi connectivity index (χ0n) is 8.29. The first-order chi connectivity index (χ1) is 6.56. The van der Waals surface area contributed by atoms with E-state index in [0.717, 1.165) is 0 Å². The van der Waals surface area contributed by atoms with Crippen molar-refractivity contribution in [2.24, 2.45) is 0 Å². The lowest BCUT2D eigenvalue weighted by atomic mass is 10.1. The molecule has 1 aromatic rings. The molecule has 0 aliphatic heterocycles. The van der Waals surface area contributed by atoms with E-state index in [1.807, 2.05) is 6.07 Å². The third-order valence-electron chi connectivity index (χ3n) is 1.76. The molecule has 0 fully saturated rings. The molecule has 0 amide bonds. The Balaban J connectivity index is 3.31. The van der Waals surface area contributed by atoms with Crippen molar-refractivity contribution in [3.05, 3.63) is 23.0 Å². The minimum Gasteiger partial charge on any atom is -0.423 e. The number of carbonyl (C=O) groups is 1. The zero-order valence-corrected chi connectivity index (χ0v) is 8.29. The van der Waals surface area contributed by atoms with Gasteiger partial charge in [0.25, 0.3) is 0 Å². The van der Waals surface area contributed by atoms with Crippen LogP contribution in [0.1, 0.15) is 23.7 Å². The molecule has 1 heterocycles. The fourth-order valence-corrected chi connectivity index (χ4v) is 1.08. The summed E-state index contributed by atoms with van der Waals surface area (Å²) in [6.07, 6.45) is 1.58. The third-order valence-corrected chi connectivity index (χ3v) is 1.76. The highest BCUT2D eigenvalue weighted by Gasteiger charge is 2.12. The summed E-state index contributed by atoms with van der Waals surface area (Å²) < 4.78 is 4.92. The highest BCUT2D eigenvalue weighted by atomic mass is 16.5. The number of ether oxygens (including phenoxy) is 1. The van der Waals surface area contributed by atoms with Crippen LogP contribution >= 0.6 is 0 Å². The van der Waals surface area contributed by atoms with Gasteiger partial charge in [-0.3, -0.25) is 9.78 Å². The van der Waals surface area contributed by atoms with E-state index in [1.165, 1.54) is 6.92 Å². The van der Waals surface area contributed by atoms with E-state index in [0.29, 0.717) is 16.8 Å². The van der Waals surface area contributed by atoms with Gasteiger partial charge in [0.15, 0.2) is 5.75 Å². The monoisotopic (exact) mass is 190 g/mol. The summed E-state index contributed by atoms with van der Waals surface area (Å²) in [5, 5.41) is 8.87. The van der Waals surface area contributed by atoms with Crippen LogP contribution in [0, 0.1) is 25.2 Å². The maximum absolute atomic E-state index is 10.8. The molecule has 0 saturated carbocycles. The van der Waals surface area contributed by atoms with Crippen molar-refractivity contribution in [3.8, 4) is 11.8 Å². The summed E-state index contributed by atoms with van der Waals surface area (Å²) in [6, 6.07) is 1.99. The van der Waals surface area contributed by atoms with Crippen molar-refractivity contribution < 1.29 is 9.53 Å². The standard InChI is InChI=1S/C10H10N2O2/c1-6-5-12-7(2)10(9(6)4-11)14-8(3)13/h5H,1-3H3. The van der Waals surface area contributed by atoms with Crippen LogP contribution < -0.4 is 4.74 Å². The molecule has 0 aromatic carbocycles. The quantitative estimate of drug-likeness (QED) is 0.629. The molecule has 72 valence electrons. The van der Waals surface area contributed by atoms with Crippen molar-refractivity contribution >= 4 is 5.97 Å². The molecule has 4 heteroatoms. The Bertz CT molecular complexity index is 419. The van der Waals surface area contributed by atoms with Crippen molar-refractivity contribution in [2.75, 3.05) is 0 Å². The lowest BCUT2D eigenvalue weighted by molar-refractivity contribution is -0.131. The lowest BCUT2D eigenvalue weighted by Crippen LogP contribution is -2.06. The van der Waals surface area contributed by atoms with Crippen molar-refractivity contribution in [2.45, 2.75) is 20.8 Å². The largest absolute Gasteiger partial charge is 0.423 e. The van der Waals surface area contributed by atoms with Crippen LogP contribution in [0.2, 0.25) is 0 Å². The summed E-state index contributed by atoms with van der Waals surface area (Å²) in [5.74, 6) is -0.183. The van der Waals surface area contributed by atoms with E-state index >= 15 is 0 Å². The molecule has 0 unspecified atom stereocenters. The molecular formula is C10H10N2O2. The van der Waals surface area contributed by atoms with Gasteiger partial charge in [0.1, 0.15) is 11.6 Å². The van der Waals surface area contributed by atoms with Crippen LogP contribution in [0.15, 0.2) is 6.20 Å². The maximum Gasteiger partial charge on any atom is 0.308 e. The molecule has 4 nitrogen and oxygen atoms in total. The topological polar surface area (TPSA) is 63.0 Å². The molecule has 0 bridgehead atoms. The second-order valence-corrected chi connectivity index (χ2v) is 2.94. The Labute approximate surface area is 82.1 Å². The van der Waals surface area contributed by atoms with Crippen LogP contribution in [0.25, 0.3) is 0 Å². The van der Waals surface area contributed by atoms with Gasteiger partial charge in [0, 0.05) is 13.1 Å². The number of esters is 1. The highest BCUT2D eigenvalue weighted by Crippen LogP contribution is 2.23. The van der Waals surface area contributed by atoms with Gasteiger partial charge in [-0.2, -0.15) is 5.26 Å². The van der Waals surface area contributed by atoms with Crippen LogP contribution in [0.4, 0.5) is 0 Å². The van der Waals surface area contributed by atoms with E-state index in [2.05, 4.69) is 4.98 Å². The number of aryl methyl sites for hydroxylation is 2. The Kier molecular flexibility index (Phi) is 2.82. The first-order valence-electron chi connectivity index (χ1n) is 4.11. The van der Waals surface area contributed by atoms with Gasteiger partial charge in [-0.05, 0) is 19.4 Å². The summed E-state index contributed by atoms with van der Waals surface area (Å²) in [5.41, 5.74) is 1.62. The van der Waals surface area contributed by atoms with E-state index in [4.69, 9.17) is 10.00 Å². The molecular weight excluding hydrogens is 180 g/mol. The molecule has 0 spiro atoms. The molecule has 0 radical (unpaired) electrons. The number of rotatable bonds is 1. The second kappa shape index (κ2) is 3.88. The maximum atomic E-state index is 10.8. The molecule has 0 aliphatic carbocycles. The molecule has 1 rings (SSSR count). The Morgan fingerprint density at radius 2 is 2.21 bits per heavy atom. The Hall–Kier alpha value is -1.89. The average Bonchev–Trinajstić information content (AvgIpc) is 2.11. The van der Waals surface area contributed by atoms with Gasteiger partial charge >= 0.3 is 5.97 Å². The third kappa shape index (κ3) is 1.88. The number of carbonyl (C=O) groups excluding carboxylic acids is 1. The molecule has 0 saturated heterocycles. The number of hydrogen-bond acceptors (Lipinski definition) is 4. The summed E-state index contributed by atoms with van der Waals surface area (Å²) in [4.78, 5) is 14.8. The smallest absolute Gasteiger partial charge is 0.308 e. The normalized spacial score (nSPS) is 9.29. The number of pyridine rings is 1. The Morgan fingerprint density at radius 3 is 2.71 bits per heavy atom. The zero-order chi connectivity index (χ0) is 10.7.